The van der Waals surface area contributed by atoms with Crippen LogP contribution in [-0.2, 0) is 9.53 Å². The molecule has 2 nitrogen and oxygen atoms in total. The minimum Gasteiger partial charge on any atom is -0.459 e. The molecule has 2 heteroatoms. The lowest BCUT2D eigenvalue weighted by atomic mass is 9.85. The molecule has 3 aliphatic carbocycles. The summed E-state index contributed by atoms with van der Waals surface area (Å²) in [6.07, 6.45) is 16.0. The summed E-state index contributed by atoms with van der Waals surface area (Å²) in [6, 6.07) is 0. The molecule has 2 unspecified atom stereocenters. The summed E-state index contributed by atoms with van der Waals surface area (Å²) in [5, 5.41) is 0. The predicted molar refractivity (Wildman–Crippen MR) is 75.7 cm³/mol. The lowest BCUT2D eigenvalue weighted by molar-refractivity contribution is -0.169. The van der Waals surface area contributed by atoms with Gasteiger partial charge < -0.3 is 4.74 Å². The summed E-state index contributed by atoms with van der Waals surface area (Å²) in [5.74, 6) is 0.699. The highest BCUT2D eigenvalue weighted by Crippen LogP contribution is 2.50. The first-order valence-electron chi connectivity index (χ1n) is 8.05. The Balaban J connectivity index is 1.66. The second-order valence-electron chi connectivity index (χ2n) is 7.13. The van der Waals surface area contributed by atoms with Crippen molar-refractivity contribution < 1.29 is 9.53 Å². The molecule has 3 aliphatic rings. The van der Waals surface area contributed by atoms with Crippen molar-refractivity contribution in [3.8, 4) is 0 Å². The fraction of sp³-hybridized carbons (Fsp3) is 0.824. The second kappa shape index (κ2) is 4.96. The molecule has 0 aromatic rings. The Morgan fingerprint density at radius 2 is 1.79 bits per heavy atom. The maximum Gasteiger partial charge on any atom is 0.316 e. The molecule has 3 rings (SSSR count). The molecule has 0 heterocycles. The average molecular weight is 262 g/mol. The molecule has 0 amide bonds. The Bertz CT molecular complexity index is 377. The van der Waals surface area contributed by atoms with E-state index < -0.39 is 0 Å². The second-order valence-corrected chi connectivity index (χ2v) is 7.13. The van der Waals surface area contributed by atoms with Gasteiger partial charge in [0.25, 0.3) is 0 Å². The van der Waals surface area contributed by atoms with E-state index in [0.29, 0.717) is 5.92 Å². The predicted octanol–water partition coefficient (Wildman–Crippen LogP) is 4.39. The van der Waals surface area contributed by atoms with Crippen LogP contribution in [0.2, 0.25) is 0 Å². The van der Waals surface area contributed by atoms with Crippen molar-refractivity contribution in [3.05, 3.63) is 12.2 Å². The van der Waals surface area contributed by atoms with Crippen LogP contribution in [0.3, 0.4) is 0 Å². The highest BCUT2D eigenvalue weighted by Gasteiger charge is 2.49. The summed E-state index contributed by atoms with van der Waals surface area (Å²) >= 11 is 0. The van der Waals surface area contributed by atoms with Gasteiger partial charge in [-0.05, 0) is 57.8 Å². The van der Waals surface area contributed by atoms with Crippen LogP contribution in [0.1, 0.15) is 71.1 Å². The number of allylic oxidation sites excluding steroid dienone is 1. The molecule has 0 saturated heterocycles. The number of fused-ring (bicyclic) bond motifs is 2. The van der Waals surface area contributed by atoms with Crippen LogP contribution in [0.15, 0.2) is 12.2 Å². The van der Waals surface area contributed by atoms with Gasteiger partial charge in [0, 0.05) is 0 Å². The number of hydrogen-bond acceptors (Lipinski definition) is 2. The molecule has 0 radical (unpaired) electrons. The third kappa shape index (κ3) is 2.59. The largest absolute Gasteiger partial charge is 0.459 e. The first-order chi connectivity index (χ1) is 9.12. The van der Waals surface area contributed by atoms with E-state index in [-0.39, 0.29) is 17.0 Å². The monoisotopic (exact) mass is 262 g/mol. The number of hydrogen-bond donors (Lipinski definition) is 0. The van der Waals surface area contributed by atoms with E-state index in [9.17, 15) is 4.79 Å². The van der Waals surface area contributed by atoms with Crippen LogP contribution in [0.5, 0.6) is 0 Å². The van der Waals surface area contributed by atoms with Crippen molar-refractivity contribution in [3.63, 3.8) is 0 Å². The van der Waals surface area contributed by atoms with Crippen molar-refractivity contribution in [2.75, 3.05) is 0 Å². The lowest BCUT2D eigenvalue weighted by Crippen LogP contribution is -2.38. The third-order valence-corrected chi connectivity index (χ3v) is 5.43. The molecule has 0 N–H and O–H groups in total. The Kier molecular flexibility index (Phi) is 3.44. The third-order valence-electron chi connectivity index (χ3n) is 5.43. The smallest absolute Gasteiger partial charge is 0.316 e. The fourth-order valence-corrected chi connectivity index (χ4v) is 4.09. The van der Waals surface area contributed by atoms with Crippen molar-refractivity contribution in [1.29, 1.82) is 0 Å². The molecular formula is C17H26O2. The molecule has 2 fully saturated rings. The summed E-state index contributed by atoms with van der Waals surface area (Å²) in [7, 11) is 0. The number of esters is 1. The minimum absolute atomic E-state index is 0.0619. The Morgan fingerprint density at radius 1 is 1.11 bits per heavy atom. The van der Waals surface area contributed by atoms with Crippen LogP contribution in [0, 0.1) is 11.3 Å². The zero-order valence-corrected chi connectivity index (χ0v) is 12.1. The van der Waals surface area contributed by atoms with E-state index in [0.717, 1.165) is 25.7 Å². The zero-order chi connectivity index (χ0) is 13.3. The van der Waals surface area contributed by atoms with Gasteiger partial charge in [-0.25, -0.2) is 0 Å². The van der Waals surface area contributed by atoms with Gasteiger partial charge in [-0.2, -0.15) is 0 Å². The average Bonchev–Trinajstić information content (AvgIpc) is 2.96. The minimum atomic E-state index is -0.254. The Hall–Kier alpha value is -0.790. The van der Waals surface area contributed by atoms with Crippen LogP contribution in [-0.4, -0.2) is 11.6 Å². The topological polar surface area (TPSA) is 26.3 Å². The number of rotatable bonds is 2. The summed E-state index contributed by atoms with van der Waals surface area (Å²) in [6.45, 7) is 2.15. The maximum atomic E-state index is 12.6. The van der Waals surface area contributed by atoms with Crippen molar-refractivity contribution in [1.82, 2.24) is 0 Å². The van der Waals surface area contributed by atoms with Gasteiger partial charge in [-0.3, -0.25) is 4.79 Å². The summed E-state index contributed by atoms with van der Waals surface area (Å²) in [5.41, 5.74) is -0.461. The fourth-order valence-electron chi connectivity index (χ4n) is 4.09. The first-order valence-corrected chi connectivity index (χ1v) is 8.05. The molecule has 0 aromatic carbocycles. The van der Waals surface area contributed by atoms with Gasteiger partial charge in [0.15, 0.2) is 0 Å². The number of carbonyl (C=O) groups excluding carboxylic acids is 1. The normalized spacial score (nSPS) is 36.8. The molecule has 0 aromatic heterocycles. The Labute approximate surface area is 116 Å². The van der Waals surface area contributed by atoms with E-state index >= 15 is 0 Å². The van der Waals surface area contributed by atoms with Crippen LogP contribution < -0.4 is 0 Å². The molecule has 2 atom stereocenters. The van der Waals surface area contributed by atoms with Crippen LogP contribution in [0.4, 0.5) is 0 Å². The van der Waals surface area contributed by atoms with Crippen molar-refractivity contribution in [2.24, 2.45) is 11.3 Å². The van der Waals surface area contributed by atoms with E-state index in [2.05, 4.69) is 19.1 Å². The van der Waals surface area contributed by atoms with Crippen molar-refractivity contribution >= 4 is 5.97 Å². The molecule has 106 valence electrons. The SMILES string of the molecule is CC1(OC(=O)C23C=CC(CC2)C3)CCCCCCC1. The molecule has 0 aliphatic heterocycles. The first kappa shape index (κ1) is 13.2. The van der Waals surface area contributed by atoms with Gasteiger partial charge in [0.2, 0.25) is 0 Å². The highest BCUT2D eigenvalue weighted by atomic mass is 16.6. The van der Waals surface area contributed by atoms with Gasteiger partial charge >= 0.3 is 5.97 Å². The lowest BCUT2D eigenvalue weighted by Gasteiger charge is -2.34. The highest BCUT2D eigenvalue weighted by molar-refractivity contribution is 5.81. The van der Waals surface area contributed by atoms with Crippen molar-refractivity contribution in [2.45, 2.75) is 76.7 Å². The number of ether oxygens (including phenoxy) is 1. The molecule has 19 heavy (non-hydrogen) atoms. The van der Waals surface area contributed by atoms with E-state index in [4.69, 9.17) is 4.74 Å². The molecule has 2 bridgehead atoms. The van der Waals surface area contributed by atoms with Gasteiger partial charge in [-0.1, -0.05) is 31.4 Å². The van der Waals surface area contributed by atoms with E-state index in [1.165, 1.54) is 38.5 Å². The molecule has 0 spiro atoms. The Morgan fingerprint density at radius 3 is 2.32 bits per heavy atom. The quantitative estimate of drug-likeness (QED) is 0.545. The number of carbonyl (C=O) groups is 1. The van der Waals surface area contributed by atoms with Gasteiger partial charge in [0.1, 0.15) is 5.60 Å². The summed E-state index contributed by atoms with van der Waals surface area (Å²) < 4.78 is 6.03. The standard InChI is InChI=1S/C17H26O2/c1-16(9-5-3-2-4-6-10-16)19-15(18)17-11-7-14(13-17)8-12-17/h7,11,14H,2-6,8-10,12-13H2,1H3. The van der Waals surface area contributed by atoms with E-state index in [1.54, 1.807) is 0 Å². The molecular weight excluding hydrogens is 236 g/mol. The zero-order valence-electron chi connectivity index (χ0n) is 12.1. The van der Waals surface area contributed by atoms with Crippen LogP contribution >= 0.6 is 0 Å². The summed E-state index contributed by atoms with van der Waals surface area (Å²) in [4.78, 5) is 12.6. The van der Waals surface area contributed by atoms with E-state index in [1.807, 2.05) is 0 Å². The van der Waals surface area contributed by atoms with Gasteiger partial charge in [-0.15, -0.1) is 0 Å². The van der Waals surface area contributed by atoms with Crippen LogP contribution in [0.25, 0.3) is 0 Å². The van der Waals surface area contributed by atoms with Gasteiger partial charge in [0.05, 0.1) is 5.41 Å². The molecule has 2 saturated carbocycles. The maximum absolute atomic E-state index is 12.6.